The molecule has 0 aromatic carbocycles. The van der Waals surface area contributed by atoms with E-state index in [9.17, 15) is 15.0 Å². The van der Waals surface area contributed by atoms with Crippen LogP contribution < -0.4 is 0 Å². The lowest BCUT2D eigenvalue weighted by atomic mass is 9.71. The van der Waals surface area contributed by atoms with Crippen LogP contribution >= 0.6 is 0 Å². The number of aliphatic hydroxyl groups excluding tert-OH is 1. The predicted molar refractivity (Wildman–Crippen MR) is 191 cm³/mol. The quantitative estimate of drug-likeness (QED) is 0.173. The fraction of sp³-hybridized carbons (Fsp3) is 0.775. The highest BCUT2D eigenvalue weighted by Crippen LogP contribution is 2.48. The number of ether oxygens (including phenoxy) is 8. The maximum Gasteiger partial charge on any atom is 0.316 e. The second kappa shape index (κ2) is 17.9. The average molecular weight is 719 g/mol. The van der Waals surface area contributed by atoms with Crippen molar-refractivity contribution < 1.29 is 52.9 Å². The molecule has 2 N–H and O–H groups in total. The Morgan fingerprint density at radius 1 is 0.961 bits per heavy atom. The van der Waals surface area contributed by atoms with Crippen molar-refractivity contribution in [1.82, 2.24) is 0 Å². The molecule has 3 fully saturated rings. The van der Waals surface area contributed by atoms with Gasteiger partial charge in [-0.3, -0.25) is 4.79 Å². The number of rotatable bonds is 11. The second-order valence-corrected chi connectivity index (χ2v) is 15.5. The molecule has 5 aliphatic rings. The van der Waals surface area contributed by atoms with Gasteiger partial charge in [-0.25, -0.2) is 0 Å². The molecule has 0 saturated carbocycles. The van der Waals surface area contributed by atoms with Crippen LogP contribution in [0, 0.1) is 23.7 Å². The molecule has 51 heavy (non-hydrogen) atoms. The Morgan fingerprint density at radius 2 is 1.69 bits per heavy atom. The number of hydrogen-bond donors (Lipinski definition) is 2. The summed E-state index contributed by atoms with van der Waals surface area (Å²) < 4.78 is 48.9. The molecule has 1 spiro atoms. The fourth-order valence-electron chi connectivity index (χ4n) is 8.39. The van der Waals surface area contributed by atoms with Gasteiger partial charge in [0.25, 0.3) is 0 Å². The minimum atomic E-state index is -1.74. The average Bonchev–Trinajstić information content (AvgIpc) is 3.42. The summed E-state index contributed by atoms with van der Waals surface area (Å²) in [6.45, 7) is 15.4. The third-order valence-corrected chi connectivity index (χ3v) is 11.1. The largest absolute Gasteiger partial charge is 0.462 e. The van der Waals surface area contributed by atoms with E-state index in [4.69, 9.17) is 37.9 Å². The molecule has 5 rings (SSSR count). The number of carbonyl (C=O) groups is 1. The molecule has 11 heteroatoms. The van der Waals surface area contributed by atoms with Gasteiger partial charge < -0.3 is 48.1 Å². The molecule has 0 aromatic rings. The Hall–Kier alpha value is -1.93. The summed E-state index contributed by atoms with van der Waals surface area (Å²) in [5.74, 6) is -1.82. The van der Waals surface area contributed by atoms with Crippen LogP contribution in [0.4, 0.5) is 0 Å². The molecular weight excluding hydrogens is 656 g/mol. The van der Waals surface area contributed by atoms with Crippen LogP contribution in [0.2, 0.25) is 0 Å². The van der Waals surface area contributed by atoms with Gasteiger partial charge >= 0.3 is 5.97 Å². The lowest BCUT2D eigenvalue weighted by Gasteiger charge is -2.51. The molecule has 4 heterocycles. The molecular formula is C40H62O11. The summed E-state index contributed by atoms with van der Waals surface area (Å²) in [4.78, 5) is 14.2. The topological polar surface area (TPSA) is 131 Å². The van der Waals surface area contributed by atoms with Crippen LogP contribution in [-0.2, 0) is 42.7 Å². The molecule has 11 nitrogen and oxygen atoms in total. The monoisotopic (exact) mass is 718 g/mol. The Bertz CT molecular complexity index is 1290. The Kier molecular flexibility index (Phi) is 14.2. The molecule has 0 radical (unpaired) electrons. The number of carbonyl (C=O) groups excluding carboxylic acids is 1. The summed E-state index contributed by atoms with van der Waals surface area (Å²) >= 11 is 0. The molecule has 0 aromatic heterocycles. The van der Waals surface area contributed by atoms with Crippen molar-refractivity contribution >= 4 is 5.97 Å². The molecule has 11 unspecified atom stereocenters. The normalized spacial score (nSPS) is 41.6. The first-order valence-electron chi connectivity index (χ1n) is 19.0. The third kappa shape index (κ3) is 9.60. The van der Waals surface area contributed by atoms with Gasteiger partial charge in [0, 0.05) is 32.8 Å². The summed E-state index contributed by atoms with van der Waals surface area (Å²) in [5.41, 5.74) is 0.416. The maximum atomic E-state index is 14.2. The van der Waals surface area contributed by atoms with Crippen LogP contribution in [0.1, 0.15) is 73.6 Å². The molecule has 1 aliphatic carbocycles. The Balaban J connectivity index is 1.43. The zero-order valence-corrected chi connectivity index (χ0v) is 31.7. The van der Waals surface area contributed by atoms with Crippen LogP contribution in [0.3, 0.4) is 0 Å². The van der Waals surface area contributed by atoms with E-state index in [1.54, 1.807) is 26.2 Å². The van der Waals surface area contributed by atoms with Crippen LogP contribution in [-0.4, -0.2) is 118 Å². The SMILES string of the molecule is COCCOCCOCCOC1CC2CC(CC3(CCC(C)C(C(C)C)O3)O2)OC(=O)C2C=C(C)C(O)C3OC/C(=C/C=C\C(C)/C=C\1C)C23O. The van der Waals surface area contributed by atoms with E-state index in [-0.39, 0.29) is 36.8 Å². The molecule has 3 saturated heterocycles. The summed E-state index contributed by atoms with van der Waals surface area (Å²) in [5, 5.41) is 23.3. The number of aliphatic hydroxyl groups is 2. The first-order chi connectivity index (χ1) is 24.4. The zero-order valence-electron chi connectivity index (χ0n) is 31.7. The Labute approximate surface area is 304 Å². The van der Waals surface area contributed by atoms with E-state index in [0.717, 1.165) is 12.0 Å². The predicted octanol–water partition coefficient (Wildman–Crippen LogP) is 4.85. The molecule has 2 bridgehead atoms. The van der Waals surface area contributed by atoms with Gasteiger partial charge in [-0.05, 0) is 54.7 Å². The van der Waals surface area contributed by atoms with E-state index in [1.807, 2.05) is 12.2 Å². The van der Waals surface area contributed by atoms with Gasteiger partial charge in [-0.1, -0.05) is 58.1 Å². The van der Waals surface area contributed by atoms with Crippen molar-refractivity contribution in [3.05, 3.63) is 47.1 Å². The fourth-order valence-corrected chi connectivity index (χ4v) is 8.39. The Morgan fingerprint density at radius 3 is 2.41 bits per heavy atom. The lowest BCUT2D eigenvalue weighted by Crippen LogP contribution is -2.58. The number of methoxy groups -OCH3 is 1. The summed E-state index contributed by atoms with van der Waals surface area (Å²) in [7, 11) is 1.65. The third-order valence-electron chi connectivity index (χ3n) is 11.1. The molecule has 288 valence electrons. The minimum Gasteiger partial charge on any atom is -0.462 e. The number of esters is 1. The highest BCUT2D eigenvalue weighted by molar-refractivity contribution is 5.78. The van der Waals surface area contributed by atoms with Crippen molar-refractivity contribution in [3.63, 3.8) is 0 Å². The van der Waals surface area contributed by atoms with Crippen LogP contribution in [0.25, 0.3) is 0 Å². The van der Waals surface area contributed by atoms with Gasteiger partial charge in [0.15, 0.2) is 5.79 Å². The van der Waals surface area contributed by atoms with Gasteiger partial charge in [-0.15, -0.1) is 0 Å². The van der Waals surface area contributed by atoms with Gasteiger partial charge in [0.05, 0.1) is 64.6 Å². The van der Waals surface area contributed by atoms with Crippen molar-refractivity contribution in [2.24, 2.45) is 23.7 Å². The van der Waals surface area contributed by atoms with Crippen LogP contribution in [0.15, 0.2) is 47.1 Å². The van der Waals surface area contributed by atoms with Crippen molar-refractivity contribution in [3.8, 4) is 0 Å². The maximum absolute atomic E-state index is 14.2. The van der Waals surface area contributed by atoms with E-state index in [2.05, 4.69) is 40.7 Å². The number of allylic oxidation sites excluding steroid dienone is 4. The van der Waals surface area contributed by atoms with Crippen molar-refractivity contribution in [1.29, 1.82) is 0 Å². The van der Waals surface area contributed by atoms with Gasteiger partial charge in [0.1, 0.15) is 29.8 Å². The number of hydrogen-bond acceptors (Lipinski definition) is 11. The van der Waals surface area contributed by atoms with Crippen molar-refractivity contribution in [2.45, 2.75) is 122 Å². The standard InChI is InChI=1S/C40H62O11/c1-25(2)36-27(4)11-12-39(51-36)23-32-21-31(50-39)22-34(47-18-17-46-16-15-45-14-13-44-7)28(5)19-26(3)9-8-10-30-24-48-37-35(41)29(6)20-33(38(42)49-32)40(30,37)43/h8-10,19-20,25-27,31-37,41,43H,11-18,21-24H2,1-7H3/b9-8-,28-19-,30-10-. The summed E-state index contributed by atoms with van der Waals surface area (Å²) in [6, 6.07) is 0. The van der Waals surface area contributed by atoms with Crippen LogP contribution in [0.5, 0.6) is 0 Å². The molecule has 0 amide bonds. The molecule has 11 atom stereocenters. The smallest absolute Gasteiger partial charge is 0.316 e. The van der Waals surface area contributed by atoms with Gasteiger partial charge in [0.2, 0.25) is 0 Å². The first kappa shape index (κ1) is 40.3. The van der Waals surface area contributed by atoms with Gasteiger partial charge in [-0.2, -0.15) is 0 Å². The van der Waals surface area contributed by atoms with E-state index < -0.39 is 41.6 Å². The molecule has 4 aliphatic heterocycles. The highest BCUT2D eigenvalue weighted by atomic mass is 16.7. The van der Waals surface area contributed by atoms with E-state index >= 15 is 0 Å². The van der Waals surface area contributed by atoms with E-state index in [1.165, 1.54) is 0 Å². The van der Waals surface area contributed by atoms with E-state index in [0.29, 0.717) is 82.4 Å². The minimum absolute atomic E-state index is 0.00105. The first-order valence-corrected chi connectivity index (χ1v) is 19.0. The van der Waals surface area contributed by atoms with Crippen molar-refractivity contribution in [2.75, 3.05) is 53.4 Å². The zero-order chi connectivity index (χ0) is 36.8. The highest BCUT2D eigenvalue weighted by Gasteiger charge is 2.60. The lowest BCUT2D eigenvalue weighted by molar-refractivity contribution is -0.342. The number of fused-ring (bicyclic) bond motifs is 2. The second-order valence-electron chi connectivity index (χ2n) is 15.5. The summed E-state index contributed by atoms with van der Waals surface area (Å²) in [6.07, 6.45) is 9.41.